The number of rotatable bonds is 4. The maximum absolute atomic E-state index is 12.6. The van der Waals surface area contributed by atoms with Gasteiger partial charge in [0.1, 0.15) is 6.04 Å². The van der Waals surface area contributed by atoms with E-state index in [1.807, 2.05) is 0 Å². The van der Waals surface area contributed by atoms with Gasteiger partial charge < -0.3 is 10.2 Å². The zero-order valence-corrected chi connectivity index (χ0v) is 15.9. The monoisotopic (exact) mass is 371 g/mol. The topological polar surface area (TPSA) is 95.6 Å². The van der Waals surface area contributed by atoms with Gasteiger partial charge in [-0.25, -0.2) is 0 Å². The summed E-state index contributed by atoms with van der Waals surface area (Å²) in [6, 6.07) is 4.34. The van der Waals surface area contributed by atoms with Crippen LogP contribution in [0.25, 0.3) is 0 Å². The number of nitrogens with zero attached hydrogens (tertiary/aromatic N) is 1. The van der Waals surface area contributed by atoms with Gasteiger partial charge in [0.05, 0.1) is 0 Å². The van der Waals surface area contributed by atoms with Gasteiger partial charge in [-0.3, -0.25) is 24.5 Å². The highest BCUT2D eigenvalue weighted by Crippen LogP contribution is 2.28. The molecule has 1 saturated heterocycles. The van der Waals surface area contributed by atoms with Crippen LogP contribution < -0.4 is 10.6 Å². The van der Waals surface area contributed by atoms with E-state index in [-0.39, 0.29) is 36.1 Å². The molecule has 0 aliphatic carbocycles. The number of fused-ring (bicyclic) bond motifs is 1. The summed E-state index contributed by atoms with van der Waals surface area (Å²) in [5.41, 5.74) is 1.87. The van der Waals surface area contributed by atoms with Crippen molar-refractivity contribution in [2.75, 3.05) is 6.54 Å². The van der Waals surface area contributed by atoms with E-state index in [9.17, 15) is 19.2 Å². The van der Waals surface area contributed by atoms with Gasteiger partial charge in [0, 0.05) is 30.6 Å². The zero-order valence-electron chi connectivity index (χ0n) is 15.9. The Labute approximate surface area is 158 Å². The molecule has 2 aliphatic heterocycles. The van der Waals surface area contributed by atoms with Crippen LogP contribution in [0.2, 0.25) is 0 Å². The minimum Gasteiger partial charge on any atom is -0.352 e. The third kappa shape index (κ3) is 4.18. The Morgan fingerprint density at radius 3 is 2.67 bits per heavy atom. The van der Waals surface area contributed by atoms with E-state index < -0.39 is 11.9 Å². The second-order valence-corrected chi connectivity index (χ2v) is 8.34. The van der Waals surface area contributed by atoms with Crippen molar-refractivity contribution in [2.24, 2.45) is 5.41 Å². The second-order valence-electron chi connectivity index (χ2n) is 8.34. The summed E-state index contributed by atoms with van der Waals surface area (Å²) >= 11 is 0. The lowest BCUT2D eigenvalue weighted by Gasteiger charge is -2.29. The van der Waals surface area contributed by atoms with Crippen LogP contribution >= 0.6 is 0 Å². The fourth-order valence-corrected chi connectivity index (χ4v) is 3.37. The molecule has 0 bridgehead atoms. The van der Waals surface area contributed by atoms with Crippen molar-refractivity contribution >= 4 is 23.6 Å². The number of amides is 4. The Bertz CT molecular complexity index is 810. The zero-order chi connectivity index (χ0) is 19.8. The molecule has 2 aliphatic rings. The van der Waals surface area contributed by atoms with E-state index >= 15 is 0 Å². The maximum atomic E-state index is 12.6. The Kier molecular flexibility index (Phi) is 5.04. The average Bonchev–Trinajstić information content (AvgIpc) is 2.90. The highest BCUT2D eigenvalue weighted by atomic mass is 16.2. The summed E-state index contributed by atoms with van der Waals surface area (Å²) in [7, 11) is 0. The number of imide groups is 1. The molecule has 3 rings (SSSR count). The van der Waals surface area contributed by atoms with E-state index in [0.29, 0.717) is 24.1 Å². The molecule has 144 valence electrons. The molecule has 1 unspecified atom stereocenters. The molecule has 1 aromatic rings. The molecule has 7 heteroatoms. The van der Waals surface area contributed by atoms with Crippen molar-refractivity contribution in [3.63, 3.8) is 0 Å². The van der Waals surface area contributed by atoms with Crippen molar-refractivity contribution in [2.45, 2.75) is 52.6 Å². The molecule has 0 radical (unpaired) electrons. The molecule has 0 aromatic heterocycles. The van der Waals surface area contributed by atoms with Crippen molar-refractivity contribution in [1.29, 1.82) is 0 Å². The van der Waals surface area contributed by atoms with Gasteiger partial charge in [0.25, 0.3) is 11.8 Å². The van der Waals surface area contributed by atoms with E-state index in [1.54, 1.807) is 18.2 Å². The lowest BCUT2D eigenvalue weighted by atomic mass is 9.92. The smallest absolute Gasteiger partial charge is 0.255 e. The largest absolute Gasteiger partial charge is 0.352 e. The molecule has 2 N–H and O–H groups in total. The molecule has 7 nitrogen and oxygen atoms in total. The molecule has 4 amide bonds. The molecule has 2 heterocycles. The Morgan fingerprint density at radius 1 is 1.26 bits per heavy atom. The van der Waals surface area contributed by atoms with Crippen LogP contribution in [0.5, 0.6) is 0 Å². The van der Waals surface area contributed by atoms with Gasteiger partial charge >= 0.3 is 0 Å². The number of carbonyl (C=O) groups is 4. The molecule has 0 spiro atoms. The Balaban J connectivity index is 1.69. The summed E-state index contributed by atoms with van der Waals surface area (Å²) in [4.78, 5) is 49.9. The van der Waals surface area contributed by atoms with Crippen LogP contribution in [-0.2, 0) is 16.1 Å². The third-order valence-electron chi connectivity index (χ3n) is 4.95. The summed E-state index contributed by atoms with van der Waals surface area (Å²) in [5, 5.41) is 5.19. The third-order valence-corrected chi connectivity index (χ3v) is 4.95. The predicted molar refractivity (Wildman–Crippen MR) is 98.9 cm³/mol. The summed E-state index contributed by atoms with van der Waals surface area (Å²) in [5.74, 6) is -1.16. The predicted octanol–water partition coefficient (Wildman–Crippen LogP) is 1.61. The van der Waals surface area contributed by atoms with Crippen LogP contribution in [0.15, 0.2) is 18.2 Å². The van der Waals surface area contributed by atoms with E-state index in [0.717, 1.165) is 12.0 Å². The number of hydrogen-bond acceptors (Lipinski definition) is 4. The summed E-state index contributed by atoms with van der Waals surface area (Å²) in [6.45, 7) is 7.20. The van der Waals surface area contributed by atoms with Crippen LogP contribution in [-0.4, -0.2) is 41.1 Å². The number of benzene rings is 1. The highest BCUT2D eigenvalue weighted by molar-refractivity contribution is 6.06. The highest BCUT2D eigenvalue weighted by Gasteiger charge is 2.39. The first-order valence-corrected chi connectivity index (χ1v) is 9.21. The number of nitrogens with one attached hydrogen (secondary N) is 2. The first-order chi connectivity index (χ1) is 12.7. The molecular weight excluding hydrogens is 346 g/mol. The Morgan fingerprint density at radius 2 is 2.00 bits per heavy atom. The molecule has 1 atom stereocenters. The van der Waals surface area contributed by atoms with Gasteiger partial charge in [0.2, 0.25) is 11.8 Å². The van der Waals surface area contributed by atoms with Crippen LogP contribution in [0.3, 0.4) is 0 Å². The van der Waals surface area contributed by atoms with Crippen LogP contribution in [0.4, 0.5) is 0 Å². The summed E-state index contributed by atoms with van der Waals surface area (Å²) < 4.78 is 0. The SMILES string of the molecule is CC(C)(C)CCNC(=O)c1ccc2c(c1)CN(C1CCC(=O)NC1=O)C2=O. The van der Waals surface area contributed by atoms with Gasteiger partial charge in [0.15, 0.2) is 0 Å². The fraction of sp³-hybridized carbons (Fsp3) is 0.500. The summed E-state index contributed by atoms with van der Waals surface area (Å²) in [6.07, 6.45) is 1.41. The molecular formula is C20H25N3O4. The van der Waals surface area contributed by atoms with E-state index in [4.69, 9.17) is 0 Å². The van der Waals surface area contributed by atoms with E-state index in [1.165, 1.54) is 4.90 Å². The minimum absolute atomic E-state index is 0.139. The van der Waals surface area contributed by atoms with Gasteiger partial charge in [-0.2, -0.15) is 0 Å². The maximum Gasteiger partial charge on any atom is 0.255 e. The molecule has 0 saturated carbocycles. The van der Waals surface area contributed by atoms with Crippen molar-refractivity contribution in [3.05, 3.63) is 34.9 Å². The van der Waals surface area contributed by atoms with Crippen molar-refractivity contribution in [1.82, 2.24) is 15.5 Å². The minimum atomic E-state index is -0.647. The molecule has 1 fully saturated rings. The normalized spacial score (nSPS) is 19.7. The first-order valence-electron chi connectivity index (χ1n) is 9.21. The lowest BCUT2D eigenvalue weighted by Crippen LogP contribution is -2.52. The number of carbonyl (C=O) groups excluding carboxylic acids is 4. The number of hydrogen-bond donors (Lipinski definition) is 2. The lowest BCUT2D eigenvalue weighted by molar-refractivity contribution is -0.136. The van der Waals surface area contributed by atoms with Gasteiger partial charge in [-0.05, 0) is 42.0 Å². The number of piperidine rings is 1. The van der Waals surface area contributed by atoms with Crippen LogP contribution in [0.1, 0.15) is 66.3 Å². The standard InChI is InChI=1S/C20H25N3O4/c1-20(2,3)8-9-21-17(25)12-4-5-14-13(10-12)11-23(19(14)27)15-6-7-16(24)22-18(15)26/h4-5,10,15H,6-9,11H2,1-3H3,(H,21,25)(H,22,24,26). The van der Waals surface area contributed by atoms with Crippen molar-refractivity contribution < 1.29 is 19.2 Å². The van der Waals surface area contributed by atoms with E-state index in [2.05, 4.69) is 31.4 Å². The first kappa shape index (κ1) is 19.1. The van der Waals surface area contributed by atoms with Crippen molar-refractivity contribution in [3.8, 4) is 0 Å². The second kappa shape index (κ2) is 7.13. The quantitative estimate of drug-likeness (QED) is 0.786. The van der Waals surface area contributed by atoms with Gasteiger partial charge in [-0.15, -0.1) is 0 Å². The van der Waals surface area contributed by atoms with Gasteiger partial charge in [-0.1, -0.05) is 20.8 Å². The van der Waals surface area contributed by atoms with Crippen LogP contribution in [0, 0.1) is 5.41 Å². The average molecular weight is 371 g/mol. The molecule has 1 aromatic carbocycles. The Hall–Kier alpha value is -2.70. The molecule has 27 heavy (non-hydrogen) atoms. The fourth-order valence-electron chi connectivity index (χ4n) is 3.37.